The fraction of sp³-hybridized carbons (Fsp3) is 0. The van der Waals surface area contributed by atoms with Crippen molar-refractivity contribution >= 4 is 5.69 Å². The van der Waals surface area contributed by atoms with Gasteiger partial charge in [-0.1, -0.05) is 0 Å². The van der Waals surface area contributed by atoms with Gasteiger partial charge in [-0.15, -0.1) is 0 Å². The van der Waals surface area contributed by atoms with Gasteiger partial charge >= 0.3 is 0 Å². The SMILES string of the molecule is Nc1c(F)c(F)c(-c2ccncc2)c(F)c1F. The lowest BCUT2D eigenvalue weighted by atomic mass is 10.0. The number of benzene rings is 1. The van der Waals surface area contributed by atoms with E-state index in [0.29, 0.717) is 0 Å². The van der Waals surface area contributed by atoms with Gasteiger partial charge < -0.3 is 5.73 Å². The van der Waals surface area contributed by atoms with Crippen molar-refractivity contribution in [2.45, 2.75) is 0 Å². The zero-order chi connectivity index (χ0) is 12.6. The van der Waals surface area contributed by atoms with Crippen LogP contribution in [0.3, 0.4) is 0 Å². The molecule has 0 spiro atoms. The summed E-state index contributed by atoms with van der Waals surface area (Å²) >= 11 is 0. The molecule has 2 N–H and O–H groups in total. The molecule has 0 aliphatic carbocycles. The summed E-state index contributed by atoms with van der Waals surface area (Å²) in [5, 5.41) is 0. The molecule has 1 aromatic heterocycles. The average Bonchev–Trinajstić information content (AvgIpc) is 2.36. The number of halogens is 4. The Kier molecular flexibility index (Phi) is 2.71. The Labute approximate surface area is 93.7 Å². The number of nitrogens with zero attached hydrogens (tertiary/aromatic N) is 1. The van der Waals surface area contributed by atoms with Crippen LogP contribution in [0.15, 0.2) is 24.5 Å². The smallest absolute Gasteiger partial charge is 0.185 e. The van der Waals surface area contributed by atoms with E-state index in [2.05, 4.69) is 4.98 Å². The number of rotatable bonds is 1. The first-order valence-electron chi connectivity index (χ1n) is 4.56. The Balaban J connectivity index is 2.80. The second-order valence-electron chi connectivity index (χ2n) is 3.28. The molecule has 0 unspecified atom stereocenters. The summed E-state index contributed by atoms with van der Waals surface area (Å²) < 4.78 is 53.4. The number of hydrogen-bond donors (Lipinski definition) is 1. The molecule has 1 aromatic carbocycles. The van der Waals surface area contributed by atoms with Gasteiger partial charge in [0.05, 0.1) is 5.56 Å². The Hall–Kier alpha value is -2.11. The Morgan fingerprint density at radius 3 is 1.76 bits per heavy atom. The van der Waals surface area contributed by atoms with Crippen LogP contribution in [0.1, 0.15) is 0 Å². The van der Waals surface area contributed by atoms with E-state index in [4.69, 9.17) is 5.73 Å². The van der Waals surface area contributed by atoms with E-state index in [1.807, 2.05) is 0 Å². The molecule has 0 saturated heterocycles. The van der Waals surface area contributed by atoms with Gasteiger partial charge in [-0.25, -0.2) is 17.6 Å². The summed E-state index contributed by atoms with van der Waals surface area (Å²) in [6, 6.07) is 2.47. The van der Waals surface area contributed by atoms with Crippen molar-refractivity contribution in [2.24, 2.45) is 0 Å². The first-order valence-corrected chi connectivity index (χ1v) is 4.56. The third-order valence-corrected chi connectivity index (χ3v) is 2.27. The fourth-order valence-electron chi connectivity index (χ4n) is 1.42. The highest BCUT2D eigenvalue weighted by Gasteiger charge is 2.24. The second kappa shape index (κ2) is 4.04. The van der Waals surface area contributed by atoms with Gasteiger partial charge in [-0.05, 0) is 17.7 Å². The molecule has 0 fully saturated rings. The zero-order valence-corrected chi connectivity index (χ0v) is 8.35. The molecule has 6 heteroatoms. The lowest BCUT2D eigenvalue weighted by Crippen LogP contribution is -2.05. The summed E-state index contributed by atoms with van der Waals surface area (Å²) in [5.41, 5.74) is 2.90. The maximum absolute atomic E-state index is 13.5. The molecule has 0 atom stereocenters. The third-order valence-electron chi connectivity index (χ3n) is 2.27. The van der Waals surface area contributed by atoms with Gasteiger partial charge in [0.1, 0.15) is 5.69 Å². The zero-order valence-electron chi connectivity index (χ0n) is 8.35. The lowest BCUT2D eigenvalue weighted by Gasteiger charge is -2.09. The molecule has 0 radical (unpaired) electrons. The van der Waals surface area contributed by atoms with Gasteiger partial charge in [-0.3, -0.25) is 4.98 Å². The third kappa shape index (κ3) is 1.71. The van der Waals surface area contributed by atoms with E-state index >= 15 is 0 Å². The number of nitrogen functional groups attached to an aromatic ring is 1. The van der Waals surface area contributed by atoms with E-state index in [1.54, 1.807) is 0 Å². The molecule has 0 amide bonds. The summed E-state index contributed by atoms with van der Waals surface area (Å²) in [6.07, 6.45) is 2.50. The van der Waals surface area contributed by atoms with Crippen molar-refractivity contribution in [1.29, 1.82) is 0 Å². The molecule has 2 aromatic rings. The van der Waals surface area contributed by atoms with Gasteiger partial charge in [-0.2, -0.15) is 0 Å². The topological polar surface area (TPSA) is 38.9 Å². The lowest BCUT2D eigenvalue weighted by molar-refractivity contribution is 0.464. The maximum atomic E-state index is 13.5. The maximum Gasteiger partial charge on any atom is 0.185 e. The van der Waals surface area contributed by atoms with Crippen molar-refractivity contribution in [3.05, 3.63) is 47.8 Å². The molecule has 1 heterocycles. The van der Waals surface area contributed by atoms with Crippen molar-refractivity contribution in [3.8, 4) is 11.1 Å². The summed E-state index contributed by atoms with van der Waals surface area (Å²) in [6.45, 7) is 0. The van der Waals surface area contributed by atoms with E-state index in [9.17, 15) is 17.6 Å². The van der Waals surface area contributed by atoms with Crippen LogP contribution in [0.5, 0.6) is 0 Å². The van der Waals surface area contributed by atoms with Crippen LogP contribution in [-0.2, 0) is 0 Å². The van der Waals surface area contributed by atoms with Crippen LogP contribution in [0.4, 0.5) is 23.2 Å². The number of aromatic nitrogens is 1. The van der Waals surface area contributed by atoms with E-state index in [0.717, 1.165) is 0 Å². The van der Waals surface area contributed by atoms with Gasteiger partial charge in [0.15, 0.2) is 23.3 Å². The largest absolute Gasteiger partial charge is 0.394 e. The molecular weight excluding hydrogens is 236 g/mol. The van der Waals surface area contributed by atoms with Crippen LogP contribution < -0.4 is 5.73 Å². The first-order chi connectivity index (χ1) is 8.04. The Morgan fingerprint density at radius 1 is 0.824 bits per heavy atom. The predicted octanol–water partition coefficient (Wildman–Crippen LogP) is 2.89. The highest BCUT2D eigenvalue weighted by atomic mass is 19.2. The van der Waals surface area contributed by atoms with Gasteiger partial charge in [0.2, 0.25) is 0 Å². The molecule has 2 rings (SSSR count). The molecule has 2 nitrogen and oxygen atoms in total. The van der Waals surface area contributed by atoms with Crippen LogP contribution in [0.25, 0.3) is 11.1 Å². The van der Waals surface area contributed by atoms with Gasteiger partial charge in [0, 0.05) is 12.4 Å². The van der Waals surface area contributed by atoms with Crippen LogP contribution >= 0.6 is 0 Å². The van der Waals surface area contributed by atoms with Crippen molar-refractivity contribution < 1.29 is 17.6 Å². The number of nitrogens with two attached hydrogens (primary N) is 1. The highest BCUT2D eigenvalue weighted by Crippen LogP contribution is 2.32. The number of hydrogen-bond acceptors (Lipinski definition) is 2. The van der Waals surface area contributed by atoms with Crippen molar-refractivity contribution in [2.75, 3.05) is 5.73 Å². The van der Waals surface area contributed by atoms with Crippen LogP contribution in [-0.4, -0.2) is 4.98 Å². The predicted molar refractivity (Wildman–Crippen MR) is 53.9 cm³/mol. The molecule has 88 valence electrons. The van der Waals surface area contributed by atoms with E-state index in [-0.39, 0.29) is 5.56 Å². The molecule has 0 saturated carbocycles. The average molecular weight is 242 g/mol. The van der Waals surface area contributed by atoms with E-state index in [1.165, 1.54) is 24.5 Å². The van der Waals surface area contributed by atoms with Crippen LogP contribution in [0, 0.1) is 23.3 Å². The molecular formula is C11H6F4N2. The molecule has 0 aliphatic heterocycles. The fourth-order valence-corrected chi connectivity index (χ4v) is 1.42. The monoisotopic (exact) mass is 242 g/mol. The number of pyridine rings is 1. The van der Waals surface area contributed by atoms with E-state index < -0.39 is 34.5 Å². The minimum absolute atomic E-state index is 0.0206. The summed E-state index contributed by atoms with van der Waals surface area (Å²) in [5.74, 6) is -6.24. The van der Waals surface area contributed by atoms with Gasteiger partial charge in [0.25, 0.3) is 0 Å². The molecule has 17 heavy (non-hydrogen) atoms. The standard InChI is InChI=1S/C11H6F4N2/c12-7-6(5-1-3-17-4-2-5)8(13)10(15)11(16)9(7)14/h1-4H,16H2. The summed E-state index contributed by atoms with van der Waals surface area (Å²) in [4.78, 5) is 3.64. The normalized spacial score (nSPS) is 10.6. The minimum Gasteiger partial charge on any atom is -0.394 e. The second-order valence-corrected chi connectivity index (χ2v) is 3.28. The number of anilines is 1. The minimum atomic E-state index is -1.60. The highest BCUT2D eigenvalue weighted by molar-refractivity contribution is 5.67. The summed E-state index contributed by atoms with van der Waals surface area (Å²) in [7, 11) is 0. The molecule has 0 bridgehead atoms. The molecule has 0 aliphatic rings. The van der Waals surface area contributed by atoms with Crippen LogP contribution in [0.2, 0.25) is 0 Å². The Morgan fingerprint density at radius 2 is 1.29 bits per heavy atom. The van der Waals surface area contributed by atoms with Crippen molar-refractivity contribution in [1.82, 2.24) is 4.98 Å². The Bertz CT molecular complexity index is 540. The first kappa shape index (κ1) is 11.4. The quantitative estimate of drug-likeness (QED) is 0.474. The van der Waals surface area contributed by atoms with Crippen molar-refractivity contribution in [3.63, 3.8) is 0 Å².